The standard InChI is InChI=1S/C23H35N3O4.HI/c1-6-24-22(25-12-8-13-29-16-19-9-7-14-30-19)26-17-23(2,3)18-10-11-20(27-4)21(15-18)28-5;/h7,9-11,14-15H,6,8,12-13,16-17H2,1-5H3,(H2,24,25,26);1H. The third-order valence-electron chi connectivity index (χ3n) is 4.72. The van der Waals surface area contributed by atoms with Crippen LogP contribution in [0, 0.1) is 0 Å². The lowest BCUT2D eigenvalue weighted by atomic mass is 9.84. The van der Waals surface area contributed by atoms with Crippen LogP contribution in [0.3, 0.4) is 0 Å². The summed E-state index contributed by atoms with van der Waals surface area (Å²) in [6.07, 6.45) is 2.53. The number of nitrogens with one attached hydrogen (secondary N) is 2. The van der Waals surface area contributed by atoms with Crippen molar-refractivity contribution in [1.82, 2.24) is 10.6 Å². The van der Waals surface area contributed by atoms with Crippen LogP contribution in [-0.4, -0.2) is 46.4 Å². The maximum absolute atomic E-state index is 5.62. The fraction of sp³-hybridized carbons (Fsp3) is 0.522. The maximum Gasteiger partial charge on any atom is 0.191 e. The normalized spacial score (nSPS) is 11.6. The lowest BCUT2D eigenvalue weighted by molar-refractivity contribution is 0.105. The Morgan fingerprint density at radius 2 is 1.87 bits per heavy atom. The average Bonchev–Trinajstić information content (AvgIpc) is 3.27. The van der Waals surface area contributed by atoms with Crippen LogP contribution in [0.15, 0.2) is 46.0 Å². The number of ether oxygens (including phenoxy) is 3. The van der Waals surface area contributed by atoms with Gasteiger partial charge in [0.2, 0.25) is 0 Å². The zero-order valence-electron chi connectivity index (χ0n) is 19.2. The fourth-order valence-electron chi connectivity index (χ4n) is 2.92. The molecule has 0 fully saturated rings. The molecule has 0 atom stereocenters. The van der Waals surface area contributed by atoms with E-state index in [0.717, 1.165) is 48.3 Å². The highest BCUT2D eigenvalue weighted by Crippen LogP contribution is 2.33. The summed E-state index contributed by atoms with van der Waals surface area (Å²) in [5, 5.41) is 6.67. The van der Waals surface area contributed by atoms with Crippen molar-refractivity contribution in [3.8, 4) is 11.5 Å². The largest absolute Gasteiger partial charge is 0.493 e. The van der Waals surface area contributed by atoms with Gasteiger partial charge in [0, 0.05) is 25.1 Å². The van der Waals surface area contributed by atoms with E-state index in [-0.39, 0.29) is 29.4 Å². The minimum atomic E-state index is -0.159. The number of furan rings is 1. The van der Waals surface area contributed by atoms with Crippen molar-refractivity contribution in [2.75, 3.05) is 40.5 Å². The Morgan fingerprint density at radius 1 is 1.10 bits per heavy atom. The first-order valence-corrected chi connectivity index (χ1v) is 10.3. The Bertz CT molecular complexity index is 779. The molecule has 1 heterocycles. The van der Waals surface area contributed by atoms with Gasteiger partial charge in [-0.15, -0.1) is 24.0 Å². The van der Waals surface area contributed by atoms with Crippen LogP contribution in [0.25, 0.3) is 0 Å². The van der Waals surface area contributed by atoms with Gasteiger partial charge in [0.05, 0.1) is 27.0 Å². The zero-order valence-corrected chi connectivity index (χ0v) is 21.5. The number of methoxy groups -OCH3 is 2. The molecule has 8 heteroatoms. The van der Waals surface area contributed by atoms with Gasteiger partial charge in [-0.05, 0) is 43.2 Å². The van der Waals surface area contributed by atoms with E-state index in [2.05, 4.69) is 37.5 Å². The summed E-state index contributed by atoms with van der Waals surface area (Å²) in [6.45, 7) is 9.77. The molecule has 31 heavy (non-hydrogen) atoms. The minimum Gasteiger partial charge on any atom is -0.493 e. The van der Waals surface area contributed by atoms with E-state index in [1.54, 1.807) is 20.5 Å². The Kier molecular flexibility index (Phi) is 12.4. The van der Waals surface area contributed by atoms with Gasteiger partial charge < -0.3 is 29.3 Å². The third kappa shape index (κ3) is 8.98. The molecule has 0 unspecified atom stereocenters. The SMILES string of the molecule is CCNC(=NCC(C)(C)c1ccc(OC)c(OC)c1)NCCCOCc1ccco1.I. The van der Waals surface area contributed by atoms with E-state index in [9.17, 15) is 0 Å². The number of rotatable bonds is 12. The monoisotopic (exact) mass is 545 g/mol. The van der Waals surface area contributed by atoms with Crippen LogP contribution in [0.2, 0.25) is 0 Å². The van der Waals surface area contributed by atoms with Crippen molar-refractivity contribution in [2.24, 2.45) is 4.99 Å². The molecule has 2 rings (SSSR count). The molecule has 2 N–H and O–H groups in total. The van der Waals surface area contributed by atoms with Crippen molar-refractivity contribution in [3.05, 3.63) is 47.9 Å². The first-order valence-electron chi connectivity index (χ1n) is 10.3. The third-order valence-corrected chi connectivity index (χ3v) is 4.72. The number of halogens is 1. The van der Waals surface area contributed by atoms with Gasteiger partial charge in [0.15, 0.2) is 17.5 Å². The van der Waals surface area contributed by atoms with Gasteiger partial charge in [-0.1, -0.05) is 19.9 Å². The number of benzene rings is 1. The summed E-state index contributed by atoms with van der Waals surface area (Å²) >= 11 is 0. The Labute approximate surface area is 203 Å². The van der Waals surface area contributed by atoms with Crippen LogP contribution < -0.4 is 20.1 Å². The molecule has 0 aliphatic heterocycles. The lowest BCUT2D eigenvalue weighted by Gasteiger charge is -2.25. The molecule has 1 aromatic heterocycles. The Morgan fingerprint density at radius 3 is 2.52 bits per heavy atom. The summed E-state index contributed by atoms with van der Waals surface area (Å²) in [5.74, 6) is 3.10. The van der Waals surface area contributed by atoms with Crippen LogP contribution in [-0.2, 0) is 16.8 Å². The summed E-state index contributed by atoms with van der Waals surface area (Å²) in [4.78, 5) is 4.78. The Hall–Kier alpha value is -1.94. The molecule has 0 spiro atoms. The first-order chi connectivity index (χ1) is 14.5. The molecule has 0 saturated carbocycles. The molecular weight excluding hydrogens is 509 g/mol. The summed E-state index contributed by atoms with van der Waals surface area (Å²) in [5.41, 5.74) is 0.986. The summed E-state index contributed by atoms with van der Waals surface area (Å²) in [7, 11) is 3.29. The van der Waals surface area contributed by atoms with Crippen molar-refractivity contribution in [3.63, 3.8) is 0 Å². The minimum absolute atomic E-state index is 0. The van der Waals surface area contributed by atoms with E-state index >= 15 is 0 Å². The van der Waals surface area contributed by atoms with Gasteiger partial charge in [-0.2, -0.15) is 0 Å². The van der Waals surface area contributed by atoms with E-state index in [4.69, 9.17) is 23.6 Å². The quantitative estimate of drug-likeness (QED) is 0.179. The van der Waals surface area contributed by atoms with E-state index in [1.165, 1.54) is 0 Å². The van der Waals surface area contributed by atoms with Crippen LogP contribution in [0.1, 0.15) is 38.5 Å². The topological polar surface area (TPSA) is 77.3 Å². The van der Waals surface area contributed by atoms with E-state index in [1.807, 2.05) is 24.3 Å². The fourth-order valence-corrected chi connectivity index (χ4v) is 2.92. The number of aliphatic imine (C=N–C) groups is 1. The molecule has 0 aliphatic carbocycles. The second-order valence-corrected chi connectivity index (χ2v) is 7.56. The first kappa shape index (κ1) is 27.1. The van der Waals surface area contributed by atoms with Crippen molar-refractivity contribution in [1.29, 1.82) is 0 Å². The van der Waals surface area contributed by atoms with Gasteiger partial charge in [-0.25, -0.2) is 0 Å². The molecule has 0 radical (unpaired) electrons. The smallest absolute Gasteiger partial charge is 0.191 e. The molecule has 1 aromatic carbocycles. The predicted molar refractivity (Wildman–Crippen MR) is 135 cm³/mol. The Balaban J connectivity index is 0.00000480. The highest BCUT2D eigenvalue weighted by Gasteiger charge is 2.22. The number of hydrogen-bond donors (Lipinski definition) is 2. The van der Waals surface area contributed by atoms with Crippen molar-refractivity contribution in [2.45, 2.75) is 39.2 Å². The highest BCUT2D eigenvalue weighted by atomic mass is 127. The molecule has 0 saturated heterocycles. The van der Waals surface area contributed by atoms with Crippen molar-refractivity contribution < 1.29 is 18.6 Å². The summed E-state index contributed by atoms with van der Waals surface area (Å²) < 4.78 is 21.7. The number of hydrogen-bond acceptors (Lipinski definition) is 5. The molecular formula is C23H36IN3O4. The average molecular weight is 545 g/mol. The van der Waals surface area contributed by atoms with Gasteiger partial charge in [0.1, 0.15) is 12.4 Å². The summed E-state index contributed by atoms with van der Waals surface area (Å²) in [6, 6.07) is 9.79. The zero-order chi connectivity index (χ0) is 21.8. The highest BCUT2D eigenvalue weighted by molar-refractivity contribution is 14.0. The van der Waals surface area contributed by atoms with Crippen LogP contribution >= 0.6 is 24.0 Å². The van der Waals surface area contributed by atoms with Crippen LogP contribution in [0.4, 0.5) is 0 Å². The van der Waals surface area contributed by atoms with E-state index < -0.39 is 0 Å². The molecule has 0 amide bonds. The molecule has 0 aliphatic rings. The molecule has 174 valence electrons. The number of nitrogens with zero attached hydrogens (tertiary/aromatic N) is 1. The lowest BCUT2D eigenvalue weighted by Crippen LogP contribution is -2.39. The number of guanidine groups is 1. The maximum atomic E-state index is 5.62. The van der Waals surface area contributed by atoms with Crippen molar-refractivity contribution >= 4 is 29.9 Å². The van der Waals surface area contributed by atoms with Gasteiger partial charge >= 0.3 is 0 Å². The molecule has 2 aromatic rings. The predicted octanol–water partition coefficient (Wildman–Crippen LogP) is 4.35. The second-order valence-electron chi connectivity index (χ2n) is 7.56. The van der Waals surface area contributed by atoms with E-state index in [0.29, 0.717) is 19.8 Å². The van der Waals surface area contributed by atoms with Gasteiger partial charge in [0.25, 0.3) is 0 Å². The molecule has 7 nitrogen and oxygen atoms in total. The molecule has 0 bridgehead atoms. The second kappa shape index (κ2) is 14.2. The van der Waals surface area contributed by atoms with Crippen LogP contribution in [0.5, 0.6) is 11.5 Å². The van der Waals surface area contributed by atoms with Gasteiger partial charge in [-0.3, -0.25) is 4.99 Å².